The molecule has 0 atom stereocenters. The number of benzene rings is 1. The van der Waals surface area contributed by atoms with Crippen LogP contribution in [0.15, 0.2) is 47.4 Å². The lowest BCUT2D eigenvalue weighted by Crippen LogP contribution is -2.15. The normalized spacial score (nSPS) is 11.6. The van der Waals surface area contributed by atoms with Gasteiger partial charge in [0.25, 0.3) is 0 Å². The van der Waals surface area contributed by atoms with Crippen LogP contribution in [0.25, 0.3) is 28.3 Å². The van der Waals surface area contributed by atoms with Crippen LogP contribution in [0.1, 0.15) is 23.0 Å². The zero-order valence-electron chi connectivity index (χ0n) is 17.0. The van der Waals surface area contributed by atoms with E-state index in [2.05, 4.69) is 15.2 Å². The summed E-state index contributed by atoms with van der Waals surface area (Å²) in [6.45, 7) is 1.43. The summed E-state index contributed by atoms with van der Waals surface area (Å²) in [6.07, 6.45) is -1.72. The first kappa shape index (κ1) is 23.7. The summed E-state index contributed by atoms with van der Waals surface area (Å²) in [7, 11) is 0. The number of alkyl halides is 3. The molecule has 176 valence electrons. The second kappa shape index (κ2) is 9.07. The number of carbonyl (C=O) groups is 1. The van der Waals surface area contributed by atoms with Crippen molar-refractivity contribution >= 4 is 29.2 Å². The van der Waals surface area contributed by atoms with Crippen molar-refractivity contribution in [1.82, 2.24) is 19.9 Å². The summed E-state index contributed by atoms with van der Waals surface area (Å²) in [5.41, 5.74) is -2.81. The fourth-order valence-electron chi connectivity index (χ4n) is 3.27. The van der Waals surface area contributed by atoms with E-state index in [1.54, 1.807) is 0 Å². The molecule has 0 amide bonds. The van der Waals surface area contributed by atoms with Gasteiger partial charge in [-0.3, -0.25) is 4.98 Å². The molecule has 0 radical (unpaired) electrons. The van der Waals surface area contributed by atoms with Crippen molar-refractivity contribution in [1.29, 1.82) is 0 Å². The molecule has 3 heterocycles. The Hall–Kier alpha value is -3.44. The van der Waals surface area contributed by atoms with Crippen LogP contribution in [0.5, 0.6) is 0 Å². The van der Waals surface area contributed by atoms with Crippen LogP contribution in [-0.2, 0) is 10.9 Å². The van der Waals surface area contributed by atoms with Crippen LogP contribution >= 0.6 is 23.2 Å². The number of ether oxygens (including phenoxy) is 1. The Morgan fingerprint density at radius 1 is 1.18 bits per heavy atom. The monoisotopic (exact) mass is 514 g/mol. The zero-order valence-corrected chi connectivity index (χ0v) is 18.5. The van der Waals surface area contributed by atoms with E-state index in [4.69, 9.17) is 32.5 Å². The van der Waals surface area contributed by atoms with Gasteiger partial charge >= 0.3 is 12.1 Å². The average Bonchev–Trinajstić information content (AvgIpc) is 3.38. The van der Waals surface area contributed by atoms with Crippen molar-refractivity contribution in [3.63, 3.8) is 0 Å². The molecular weight excluding hydrogens is 503 g/mol. The van der Waals surface area contributed by atoms with Crippen LogP contribution in [0.4, 0.5) is 17.6 Å². The number of aromatic nitrogens is 4. The Morgan fingerprint density at radius 2 is 1.88 bits per heavy atom. The van der Waals surface area contributed by atoms with E-state index in [9.17, 15) is 22.4 Å². The van der Waals surface area contributed by atoms with Crippen LogP contribution in [0.2, 0.25) is 10.0 Å². The van der Waals surface area contributed by atoms with Crippen molar-refractivity contribution in [2.24, 2.45) is 0 Å². The van der Waals surface area contributed by atoms with Crippen LogP contribution in [0.3, 0.4) is 0 Å². The number of esters is 1. The molecule has 3 aromatic heterocycles. The van der Waals surface area contributed by atoms with E-state index in [0.717, 1.165) is 18.3 Å². The molecule has 0 bridgehead atoms. The Morgan fingerprint density at radius 3 is 2.50 bits per heavy atom. The highest BCUT2D eigenvalue weighted by atomic mass is 35.5. The first-order valence-corrected chi connectivity index (χ1v) is 10.3. The molecule has 0 spiro atoms. The number of hydrogen-bond acceptors (Lipinski definition) is 6. The maximum atomic E-state index is 14.2. The second-order valence-corrected chi connectivity index (χ2v) is 7.54. The van der Waals surface area contributed by atoms with Gasteiger partial charge in [-0.25, -0.2) is 13.9 Å². The van der Waals surface area contributed by atoms with Crippen molar-refractivity contribution in [3.8, 4) is 28.3 Å². The van der Waals surface area contributed by atoms with Gasteiger partial charge < -0.3 is 9.26 Å². The molecule has 0 N–H and O–H groups in total. The van der Waals surface area contributed by atoms with E-state index >= 15 is 0 Å². The molecule has 13 heteroatoms. The molecule has 4 aromatic rings. The summed E-state index contributed by atoms with van der Waals surface area (Å²) < 4.78 is 66.9. The minimum atomic E-state index is -4.98. The molecule has 4 rings (SSSR count). The van der Waals surface area contributed by atoms with E-state index < -0.39 is 40.5 Å². The highest BCUT2D eigenvalue weighted by Crippen LogP contribution is 2.43. The average molecular weight is 515 g/mol. The summed E-state index contributed by atoms with van der Waals surface area (Å²) >= 11 is 12.3. The van der Waals surface area contributed by atoms with Gasteiger partial charge in [0.15, 0.2) is 11.5 Å². The lowest BCUT2D eigenvalue weighted by Gasteiger charge is -2.12. The maximum Gasteiger partial charge on any atom is 0.434 e. The van der Waals surface area contributed by atoms with Gasteiger partial charge in [-0.05, 0) is 25.1 Å². The molecule has 0 unspecified atom stereocenters. The molecule has 0 saturated heterocycles. The SMILES string of the molecule is CCOC(=O)c1c(-c2c(Cl)cncc2Cl)noc1-c1cnn(-c2cccc(F)c2)c1C(F)(F)F. The molecule has 1 aromatic carbocycles. The minimum Gasteiger partial charge on any atom is -0.462 e. The van der Waals surface area contributed by atoms with Gasteiger partial charge in [-0.1, -0.05) is 34.4 Å². The Kier molecular flexibility index (Phi) is 6.32. The highest BCUT2D eigenvalue weighted by molar-refractivity contribution is 6.39. The van der Waals surface area contributed by atoms with E-state index in [-0.39, 0.29) is 33.6 Å². The summed E-state index contributed by atoms with van der Waals surface area (Å²) in [5.74, 6) is -2.37. The number of pyridine rings is 1. The van der Waals surface area contributed by atoms with Crippen LogP contribution < -0.4 is 0 Å². The summed E-state index contributed by atoms with van der Waals surface area (Å²) in [6, 6.07) is 4.42. The zero-order chi connectivity index (χ0) is 24.6. The minimum absolute atomic E-state index is 0.0162. The molecule has 0 aliphatic heterocycles. The fourth-order valence-corrected chi connectivity index (χ4v) is 3.81. The van der Waals surface area contributed by atoms with Gasteiger partial charge in [0, 0.05) is 18.0 Å². The van der Waals surface area contributed by atoms with E-state index in [1.807, 2.05) is 0 Å². The van der Waals surface area contributed by atoms with Gasteiger partial charge in [-0.2, -0.15) is 18.3 Å². The lowest BCUT2D eigenvalue weighted by atomic mass is 10.0. The lowest BCUT2D eigenvalue weighted by molar-refractivity contribution is -0.142. The quantitative estimate of drug-likeness (QED) is 0.232. The molecule has 34 heavy (non-hydrogen) atoms. The molecule has 0 aliphatic rings. The summed E-state index contributed by atoms with van der Waals surface area (Å²) in [5, 5.41) is 7.48. The van der Waals surface area contributed by atoms with E-state index in [1.165, 1.54) is 31.5 Å². The van der Waals surface area contributed by atoms with Gasteiger partial charge in [0.2, 0.25) is 0 Å². The third-order valence-electron chi connectivity index (χ3n) is 4.60. The smallest absolute Gasteiger partial charge is 0.434 e. The Bertz CT molecular complexity index is 1360. The third-order valence-corrected chi connectivity index (χ3v) is 5.17. The standard InChI is InChI=1S/C21H12Cl2F4N4O3/c1-2-33-20(32)16-17(15-13(22)8-28-9-14(15)23)30-34-18(16)12-7-29-31(19(12)21(25,26)27)11-5-3-4-10(24)6-11/h3-9H,2H2,1H3. The molecule has 7 nitrogen and oxygen atoms in total. The van der Waals surface area contributed by atoms with Crippen LogP contribution in [-0.4, -0.2) is 32.5 Å². The number of hydrogen-bond donors (Lipinski definition) is 0. The summed E-state index contributed by atoms with van der Waals surface area (Å²) in [4.78, 5) is 16.6. The van der Waals surface area contributed by atoms with Crippen molar-refractivity contribution in [3.05, 3.63) is 70.0 Å². The van der Waals surface area contributed by atoms with Gasteiger partial charge in [-0.15, -0.1) is 0 Å². The first-order valence-electron chi connectivity index (χ1n) is 9.51. The second-order valence-electron chi connectivity index (χ2n) is 6.73. The third kappa shape index (κ3) is 4.24. The van der Waals surface area contributed by atoms with E-state index in [0.29, 0.717) is 4.68 Å². The molecule has 0 fully saturated rings. The fraction of sp³-hybridized carbons (Fsp3) is 0.143. The largest absolute Gasteiger partial charge is 0.462 e. The predicted octanol–water partition coefficient (Wildman–Crippen LogP) is 6.23. The number of rotatable bonds is 5. The first-order chi connectivity index (χ1) is 16.1. The van der Waals surface area contributed by atoms with Crippen molar-refractivity contribution < 1.29 is 31.6 Å². The van der Waals surface area contributed by atoms with Crippen molar-refractivity contribution in [2.45, 2.75) is 13.1 Å². The van der Waals surface area contributed by atoms with Gasteiger partial charge in [0.05, 0.1) is 34.1 Å². The highest BCUT2D eigenvalue weighted by Gasteiger charge is 2.42. The predicted molar refractivity (Wildman–Crippen MR) is 113 cm³/mol. The Labute approximate surface area is 198 Å². The van der Waals surface area contributed by atoms with Crippen molar-refractivity contribution in [2.75, 3.05) is 6.61 Å². The Balaban J connectivity index is 2.01. The topological polar surface area (TPSA) is 83.0 Å². The molecular formula is C21H12Cl2F4N4O3. The molecule has 0 saturated carbocycles. The van der Waals surface area contributed by atoms with Crippen LogP contribution in [0, 0.1) is 5.82 Å². The maximum absolute atomic E-state index is 14.2. The van der Waals surface area contributed by atoms with Gasteiger partial charge in [0.1, 0.15) is 17.1 Å². The molecule has 0 aliphatic carbocycles. The number of nitrogens with zero attached hydrogens (tertiary/aromatic N) is 4. The number of carbonyl (C=O) groups excluding carboxylic acids is 1. The number of halogens is 6.